The van der Waals surface area contributed by atoms with E-state index in [1.165, 1.54) is 0 Å². The van der Waals surface area contributed by atoms with Crippen molar-refractivity contribution in [3.8, 4) is 6.07 Å². The van der Waals surface area contributed by atoms with Crippen LogP contribution in [0.3, 0.4) is 0 Å². The molecule has 4 nitrogen and oxygen atoms in total. The maximum atomic E-state index is 12.2. The van der Waals surface area contributed by atoms with Gasteiger partial charge in [0.15, 0.2) is 0 Å². The highest BCUT2D eigenvalue weighted by Crippen LogP contribution is 2.08. The Balaban J connectivity index is 2.68. The zero-order chi connectivity index (χ0) is 14.3. The second kappa shape index (κ2) is 7.55. The fraction of sp³-hybridized carbons (Fsp3) is 0.467. The molecule has 0 saturated carbocycles. The molecule has 0 fully saturated rings. The Morgan fingerprint density at radius 1 is 1.42 bits per heavy atom. The number of hydrogen-bond donors (Lipinski definition) is 0. The Morgan fingerprint density at radius 3 is 2.53 bits per heavy atom. The molecule has 1 aromatic carbocycles. The molecule has 0 bridgehead atoms. The third-order valence-corrected chi connectivity index (χ3v) is 3.04. The van der Waals surface area contributed by atoms with Gasteiger partial charge in [0.2, 0.25) is 5.91 Å². The maximum absolute atomic E-state index is 12.2. The van der Waals surface area contributed by atoms with Gasteiger partial charge >= 0.3 is 0 Å². The van der Waals surface area contributed by atoms with Crippen LogP contribution < -0.4 is 0 Å². The average molecular weight is 260 g/mol. The molecule has 1 amide bonds. The normalized spacial score (nSPS) is 11.7. The number of amides is 1. The van der Waals surface area contributed by atoms with Gasteiger partial charge in [0.25, 0.3) is 0 Å². The maximum Gasteiger partial charge on any atom is 0.227 e. The summed E-state index contributed by atoms with van der Waals surface area (Å²) in [6.45, 7) is 5.14. The number of hydrogen-bond acceptors (Lipinski definition) is 3. The molecule has 1 atom stereocenters. The summed E-state index contributed by atoms with van der Waals surface area (Å²) in [5.41, 5.74) is 1.53. The van der Waals surface area contributed by atoms with Gasteiger partial charge in [-0.1, -0.05) is 12.1 Å². The van der Waals surface area contributed by atoms with E-state index in [2.05, 4.69) is 6.07 Å². The summed E-state index contributed by atoms with van der Waals surface area (Å²) in [4.78, 5) is 14.0. The van der Waals surface area contributed by atoms with Crippen LogP contribution in [0.15, 0.2) is 24.3 Å². The van der Waals surface area contributed by atoms with Crippen molar-refractivity contribution >= 4 is 5.91 Å². The zero-order valence-corrected chi connectivity index (χ0v) is 11.7. The number of nitrogens with zero attached hydrogens (tertiary/aromatic N) is 2. The summed E-state index contributed by atoms with van der Waals surface area (Å²) < 4.78 is 5.09. The van der Waals surface area contributed by atoms with Crippen molar-refractivity contribution in [1.82, 2.24) is 4.90 Å². The lowest BCUT2D eigenvalue weighted by Crippen LogP contribution is -2.41. The van der Waals surface area contributed by atoms with Crippen molar-refractivity contribution < 1.29 is 9.53 Å². The van der Waals surface area contributed by atoms with Gasteiger partial charge in [-0.2, -0.15) is 5.26 Å². The predicted octanol–water partition coefficient (Wildman–Crippen LogP) is 1.98. The molecule has 19 heavy (non-hydrogen) atoms. The molecule has 4 heteroatoms. The summed E-state index contributed by atoms with van der Waals surface area (Å²) in [7, 11) is 1.63. The van der Waals surface area contributed by atoms with Gasteiger partial charge in [0.05, 0.1) is 30.7 Å². The van der Waals surface area contributed by atoms with E-state index in [0.29, 0.717) is 25.1 Å². The Kier molecular flexibility index (Phi) is 6.04. The minimum Gasteiger partial charge on any atom is -0.383 e. The summed E-state index contributed by atoms with van der Waals surface area (Å²) >= 11 is 0. The molecular weight excluding hydrogens is 240 g/mol. The van der Waals surface area contributed by atoms with Crippen LogP contribution in [0.5, 0.6) is 0 Å². The largest absolute Gasteiger partial charge is 0.383 e. The first-order valence-corrected chi connectivity index (χ1v) is 6.39. The van der Waals surface area contributed by atoms with Crippen molar-refractivity contribution in [1.29, 1.82) is 5.26 Å². The highest BCUT2D eigenvalue weighted by molar-refractivity contribution is 5.79. The van der Waals surface area contributed by atoms with Crippen LogP contribution in [0.4, 0.5) is 0 Å². The van der Waals surface area contributed by atoms with Gasteiger partial charge in [-0.25, -0.2) is 0 Å². The van der Waals surface area contributed by atoms with Crippen molar-refractivity contribution in [2.24, 2.45) is 0 Å². The van der Waals surface area contributed by atoms with E-state index in [1.807, 2.05) is 30.9 Å². The summed E-state index contributed by atoms with van der Waals surface area (Å²) in [5, 5.41) is 8.73. The first-order valence-electron chi connectivity index (χ1n) is 6.39. The van der Waals surface area contributed by atoms with Gasteiger partial charge in [0, 0.05) is 13.7 Å². The third kappa shape index (κ3) is 4.38. The van der Waals surface area contributed by atoms with E-state index in [9.17, 15) is 4.79 Å². The Morgan fingerprint density at radius 2 is 2.05 bits per heavy atom. The van der Waals surface area contributed by atoms with Crippen LogP contribution in [-0.2, 0) is 16.0 Å². The number of benzene rings is 1. The monoisotopic (exact) mass is 260 g/mol. The molecule has 1 aromatic rings. The second-order valence-electron chi connectivity index (χ2n) is 4.47. The van der Waals surface area contributed by atoms with E-state index in [-0.39, 0.29) is 11.9 Å². The van der Waals surface area contributed by atoms with E-state index >= 15 is 0 Å². The van der Waals surface area contributed by atoms with Crippen LogP contribution in [0.1, 0.15) is 25.0 Å². The summed E-state index contributed by atoms with van der Waals surface area (Å²) in [6, 6.07) is 9.25. The van der Waals surface area contributed by atoms with Gasteiger partial charge in [-0.15, -0.1) is 0 Å². The standard InChI is InChI=1S/C15H20N2O2/c1-4-17(12(2)11-19-3)15(18)9-13-5-7-14(10-16)8-6-13/h5-8,12H,4,9,11H2,1-3H3. The minimum absolute atomic E-state index is 0.0703. The van der Waals surface area contributed by atoms with Gasteiger partial charge in [0.1, 0.15) is 0 Å². The molecule has 0 aliphatic carbocycles. The smallest absolute Gasteiger partial charge is 0.227 e. The van der Waals surface area contributed by atoms with Crippen LogP contribution in [0.25, 0.3) is 0 Å². The molecule has 0 heterocycles. The van der Waals surface area contributed by atoms with E-state index in [0.717, 1.165) is 5.56 Å². The molecule has 0 saturated heterocycles. The number of methoxy groups -OCH3 is 1. The molecule has 1 unspecified atom stereocenters. The molecule has 0 radical (unpaired) electrons. The molecule has 102 valence electrons. The second-order valence-corrected chi connectivity index (χ2v) is 4.47. The van der Waals surface area contributed by atoms with Gasteiger partial charge in [-0.3, -0.25) is 4.79 Å². The van der Waals surface area contributed by atoms with Gasteiger partial charge < -0.3 is 9.64 Å². The van der Waals surface area contributed by atoms with Crippen molar-refractivity contribution in [3.63, 3.8) is 0 Å². The highest BCUT2D eigenvalue weighted by Gasteiger charge is 2.18. The first-order chi connectivity index (χ1) is 9.12. The number of carbonyl (C=O) groups is 1. The number of carbonyl (C=O) groups excluding carboxylic acids is 1. The van der Waals surface area contributed by atoms with E-state index < -0.39 is 0 Å². The minimum atomic E-state index is 0.0703. The average Bonchev–Trinajstić information content (AvgIpc) is 2.40. The quantitative estimate of drug-likeness (QED) is 0.786. The van der Waals surface area contributed by atoms with Crippen molar-refractivity contribution in [2.45, 2.75) is 26.3 Å². The zero-order valence-electron chi connectivity index (χ0n) is 11.7. The molecule has 0 aliphatic rings. The topological polar surface area (TPSA) is 53.3 Å². The van der Waals surface area contributed by atoms with E-state index in [4.69, 9.17) is 10.00 Å². The molecule has 0 aromatic heterocycles. The van der Waals surface area contributed by atoms with Crippen molar-refractivity contribution in [3.05, 3.63) is 35.4 Å². The third-order valence-electron chi connectivity index (χ3n) is 3.04. The SMILES string of the molecule is CCN(C(=O)Cc1ccc(C#N)cc1)C(C)COC. The first kappa shape index (κ1) is 15.2. The number of ether oxygens (including phenoxy) is 1. The van der Waals surface area contributed by atoms with E-state index in [1.54, 1.807) is 19.2 Å². The molecule has 0 aliphatic heterocycles. The van der Waals surface area contributed by atoms with Crippen LogP contribution in [0, 0.1) is 11.3 Å². The van der Waals surface area contributed by atoms with Crippen LogP contribution >= 0.6 is 0 Å². The fourth-order valence-electron chi connectivity index (χ4n) is 2.04. The number of nitriles is 1. The summed E-state index contributed by atoms with van der Waals surface area (Å²) in [5.74, 6) is 0.0803. The predicted molar refractivity (Wildman–Crippen MR) is 73.6 cm³/mol. The lowest BCUT2D eigenvalue weighted by atomic mass is 10.1. The Hall–Kier alpha value is -1.86. The number of likely N-dealkylation sites (N-methyl/N-ethyl adjacent to an activating group) is 1. The lowest BCUT2D eigenvalue weighted by molar-refractivity contribution is -0.133. The van der Waals surface area contributed by atoms with Crippen molar-refractivity contribution in [2.75, 3.05) is 20.3 Å². The number of rotatable bonds is 6. The molecular formula is C15H20N2O2. The van der Waals surface area contributed by atoms with Crippen LogP contribution in [-0.4, -0.2) is 37.1 Å². The summed E-state index contributed by atoms with van der Waals surface area (Å²) in [6.07, 6.45) is 0.355. The lowest BCUT2D eigenvalue weighted by Gasteiger charge is -2.27. The van der Waals surface area contributed by atoms with Gasteiger partial charge in [-0.05, 0) is 31.5 Å². The van der Waals surface area contributed by atoms with Crippen LogP contribution in [0.2, 0.25) is 0 Å². The Bertz CT molecular complexity index is 448. The molecule has 0 spiro atoms. The fourth-order valence-corrected chi connectivity index (χ4v) is 2.04. The molecule has 0 N–H and O–H groups in total. The molecule has 1 rings (SSSR count). The Labute approximate surface area is 114 Å². The highest BCUT2D eigenvalue weighted by atomic mass is 16.5.